The lowest BCUT2D eigenvalue weighted by Crippen LogP contribution is -1.85. The average molecular weight is 555 g/mol. The molecule has 0 saturated carbocycles. The molecule has 0 atom stereocenters. The van der Waals surface area contributed by atoms with Crippen LogP contribution in [-0.4, -0.2) is 40.4 Å². The maximum absolute atomic E-state index is 4.76. The topological polar surface area (TPSA) is 148 Å². The minimum absolute atomic E-state index is 0.345. The Bertz CT molecular complexity index is 941. The summed E-state index contributed by atoms with van der Waals surface area (Å²) in [5, 5.41) is 13.9. The van der Waals surface area contributed by atoms with Gasteiger partial charge in [-0.15, -0.1) is 0 Å². The summed E-state index contributed by atoms with van der Waals surface area (Å²) in [6, 6.07) is 3.87. The van der Waals surface area contributed by atoms with Crippen LogP contribution in [0.2, 0.25) is 0 Å². The Labute approximate surface area is 237 Å². The highest BCUT2D eigenvalue weighted by Gasteiger charge is 2.02. The molecule has 5 rings (SSSR count). The molecule has 0 aliphatic carbocycles. The molecule has 40 heavy (non-hydrogen) atoms. The van der Waals surface area contributed by atoms with Gasteiger partial charge in [0.15, 0.2) is 12.7 Å². The molecule has 0 bridgehead atoms. The largest absolute Gasteiger partial charge is 0.451 e. The van der Waals surface area contributed by atoms with E-state index in [9.17, 15) is 0 Å². The number of aromatic nitrogens is 8. The third kappa shape index (κ3) is 14.2. The minimum Gasteiger partial charge on any atom is -0.451 e. The van der Waals surface area contributed by atoms with Crippen LogP contribution in [0, 0.1) is 0 Å². The van der Waals surface area contributed by atoms with Gasteiger partial charge >= 0.3 is 0 Å². The van der Waals surface area contributed by atoms with Crippen molar-refractivity contribution in [2.24, 2.45) is 0 Å². The van der Waals surface area contributed by atoms with Crippen molar-refractivity contribution < 1.29 is 13.5 Å². The lowest BCUT2D eigenvalue weighted by molar-refractivity contribution is 0.364. The van der Waals surface area contributed by atoms with Gasteiger partial charge in [-0.05, 0) is 29.7 Å². The fraction of sp³-hybridized carbons (Fsp3) is 0.517. The van der Waals surface area contributed by atoms with Crippen LogP contribution in [0.4, 0.5) is 0 Å². The van der Waals surface area contributed by atoms with Crippen LogP contribution in [-0.2, 0) is 0 Å². The summed E-state index contributed by atoms with van der Waals surface area (Å²) in [7, 11) is 0. The predicted octanol–water partition coefficient (Wildman–Crippen LogP) is 7.86. The Morgan fingerprint density at radius 2 is 1.45 bits per heavy atom. The van der Waals surface area contributed by atoms with Crippen molar-refractivity contribution in [3.8, 4) is 0 Å². The lowest BCUT2D eigenvalue weighted by Gasteiger charge is -1.95. The zero-order valence-corrected chi connectivity index (χ0v) is 25.5. The summed E-state index contributed by atoms with van der Waals surface area (Å²) in [6.45, 7) is 20.9. The van der Waals surface area contributed by atoms with Gasteiger partial charge in [-0.3, -0.25) is 5.10 Å². The van der Waals surface area contributed by atoms with E-state index >= 15 is 0 Å². The van der Waals surface area contributed by atoms with Gasteiger partial charge in [0.2, 0.25) is 5.89 Å². The smallest absolute Gasteiger partial charge is 0.228 e. The van der Waals surface area contributed by atoms with Crippen molar-refractivity contribution in [2.45, 2.75) is 98.8 Å². The van der Waals surface area contributed by atoms with Crippen LogP contribution in [0.3, 0.4) is 0 Å². The van der Waals surface area contributed by atoms with E-state index in [0.717, 1.165) is 11.4 Å². The first-order valence-electron chi connectivity index (χ1n) is 13.5. The maximum atomic E-state index is 4.76. The summed E-state index contributed by atoms with van der Waals surface area (Å²) in [6.07, 6.45) is 11.5. The Kier molecular flexibility index (Phi) is 16.2. The minimum atomic E-state index is 0.345. The second-order valence-corrected chi connectivity index (χ2v) is 10.4. The van der Waals surface area contributed by atoms with Crippen molar-refractivity contribution >= 4 is 0 Å². The first-order chi connectivity index (χ1) is 19.0. The molecule has 0 unspecified atom stereocenters. The molecule has 0 fully saturated rings. The van der Waals surface area contributed by atoms with Crippen LogP contribution >= 0.6 is 0 Å². The van der Waals surface area contributed by atoms with E-state index in [1.54, 1.807) is 25.1 Å². The molecule has 0 aliphatic rings. The fourth-order valence-electron chi connectivity index (χ4n) is 2.63. The zero-order chi connectivity index (χ0) is 29.9. The van der Waals surface area contributed by atoms with Crippen molar-refractivity contribution in [1.82, 2.24) is 40.4 Å². The summed E-state index contributed by atoms with van der Waals surface area (Å²) in [4.78, 5) is 14.7. The third-order valence-corrected chi connectivity index (χ3v) is 5.25. The first kappa shape index (κ1) is 34.0. The number of nitrogens with zero attached hydrogens (tertiary/aromatic N) is 6. The first-order valence-corrected chi connectivity index (χ1v) is 13.5. The maximum Gasteiger partial charge on any atom is 0.228 e. The number of oxazole rings is 1. The van der Waals surface area contributed by atoms with Crippen molar-refractivity contribution in [1.29, 1.82) is 0 Å². The van der Waals surface area contributed by atoms with Gasteiger partial charge in [0.05, 0.1) is 17.7 Å². The van der Waals surface area contributed by atoms with E-state index in [1.807, 2.05) is 32.2 Å². The molecule has 0 radical (unpaired) electrons. The summed E-state index contributed by atoms with van der Waals surface area (Å²) < 4.78 is 14.1. The van der Waals surface area contributed by atoms with Gasteiger partial charge in [-0.25, -0.2) is 9.97 Å². The van der Waals surface area contributed by atoms with Crippen LogP contribution in [0.25, 0.3) is 0 Å². The van der Waals surface area contributed by atoms with E-state index in [-0.39, 0.29) is 0 Å². The molecule has 5 aromatic heterocycles. The molecular formula is C29H46N8O3. The molecule has 0 aliphatic heterocycles. The van der Waals surface area contributed by atoms with Gasteiger partial charge in [0, 0.05) is 35.8 Å². The fourth-order valence-corrected chi connectivity index (χ4v) is 2.63. The van der Waals surface area contributed by atoms with E-state index < -0.39 is 0 Å². The number of hydrogen-bond donors (Lipinski definition) is 2. The molecule has 11 heteroatoms. The predicted molar refractivity (Wildman–Crippen MR) is 155 cm³/mol. The second kappa shape index (κ2) is 19.1. The summed E-state index contributed by atoms with van der Waals surface area (Å²) >= 11 is 0. The number of aromatic amines is 2. The second-order valence-electron chi connectivity index (χ2n) is 10.4. The number of hydrogen-bond acceptors (Lipinski definition) is 9. The quantitative estimate of drug-likeness (QED) is 0.221. The van der Waals surface area contributed by atoms with Gasteiger partial charge in [-0.2, -0.15) is 10.1 Å². The van der Waals surface area contributed by atoms with Crippen LogP contribution in [0.1, 0.15) is 127 Å². The summed E-state index contributed by atoms with van der Waals surface area (Å²) in [5.74, 6) is 3.14. The molecule has 0 aromatic carbocycles. The van der Waals surface area contributed by atoms with E-state index in [1.165, 1.54) is 24.1 Å². The van der Waals surface area contributed by atoms with Crippen molar-refractivity contribution in [3.63, 3.8) is 0 Å². The molecule has 11 nitrogen and oxygen atoms in total. The Hall–Kier alpha value is -4.02. The van der Waals surface area contributed by atoms with Crippen molar-refractivity contribution in [2.75, 3.05) is 0 Å². The molecule has 2 N–H and O–H groups in total. The van der Waals surface area contributed by atoms with Crippen LogP contribution in [0.15, 0.2) is 69.6 Å². The summed E-state index contributed by atoms with van der Waals surface area (Å²) in [5.41, 5.74) is 4.44. The van der Waals surface area contributed by atoms with Crippen LogP contribution < -0.4 is 0 Å². The SMILES string of the molecule is CC(C)c1ccn[nH]1.CC(C)c1ccon1.CC(C)c1cnc[nH]1.CC(C)c1cocn1.CC(C)c1ncno1. The highest BCUT2D eigenvalue weighted by Crippen LogP contribution is 2.10. The van der Waals surface area contributed by atoms with E-state index in [2.05, 4.69) is 100 Å². The van der Waals surface area contributed by atoms with E-state index in [4.69, 9.17) is 8.94 Å². The standard InChI is InChI=1S/2C6H10N2.2C6H9NO.C5H8N2O/c1-5(2)6-3-7-4-8-6;1-5(2)6-3-4-7-8-6;1-5(2)6-3-8-4-7-6;1-5(2)6-3-4-8-7-6;1-4(2)5-6-3-7-8-5/h2*3-5H,1-2H3,(H,7,8);2*3-5H,1-2H3;3-4H,1-2H3. The van der Waals surface area contributed by atoms with Gasteiger partial charge in [-0.1, -0.05) is 79.6 Å². The lowest BCUT2D eigenvalue weighted by atomic mass is 10.1. The number of nitrogens with one attached hydrogen (secondary N) is 2. The molecule has 0 spiro atoms. The highest BCUT2D eigenvalue weighted by atomic mass is 16.5. The van der Waals surface area contributed by atoms with Gasteiger partial charge in [0.1, 0.15) is 12.5 Å². The molecule has 5 aromatic rings. The Morgan fingerprint density at radius 3 is 1.70 bits per heavy atom. The molecule has 0 amide bonds. The zero-order valence-electron chi connectivity index (χ0n) is 25.5. The molecular weight excluding hydrogens is 508 g/mol. The normalized spacial score (nSPS) is 10.4. The van der Waals surface area contributed by atoms with Crippen LogP contribution in [0.5, 0.6) is 0 Å². The molecule has 220 valence electrons. The highest BCUT2D eigenvalue weighted by molar-refractivity contribution is 5.02. The Morgan fingerprint density at radius 1 is 0.750 bits per heavy atom. The molecule has 0 saturated heterocycles. The van der Waals surface area contributed by atoms with Crippen molar-refractivity contribution in [3.05, 3.63) is 84.8 Å². The Balaban J connectivity index is 0.000000250. The average Bonchev–Trinajstić information content (AvgIpc) is 3.74. The third-order valence-electron chi connectivity index (χ3n) is 5.25. The monoisotopic (exact) mass is 554 g/mol. The number of rotatable bonds is 5. The number of H-pyrrole nitrogens is 2. The van der Waals surface area contributed by atoms with E-state index in [0.29, 0.717) is 35.5 Å². The van der Waals surface area contributed by atoms with Gasteiger partial charge in [0.25, 0.3) is 0 Å². The van der Waals surface area contributed by atoms with Gasteiger partial charge < -0.3 is 18.4 Å². The molecule has 5 heterocycles. The number of imidazole rings is 1.